The molecular formula is C11H16N2O2S. The molecular weight excluding hydrogens is 224 g/mol. The predicted octanol–water partition coefficient (Wildman–Crippen LogP) is 2.13. The molecule has 0 aromatic heterocycles. The number of nitrogens with one attached hydrogen (secondary N) is 1. The molecule has 1 aromatic rings. The number of carboxylic acid groups (broad SMARTS) is 1. The highest BCUT2D eigenvalue weighted by atomic mass is 32.2. The van der Waals surface area contributed by atoms with Crippen LogP contribution < -0.4 is 11.1 Å². The molecule has 4 N–H and O–H groups in total. The Hall–Kier alpha value is -1.36. The van der Waals surface area contributed by atoms with Gasteiger partial charge in [0.15, 0.2) is 0 Å². The Morgan fingerprint density at radius 2 is 2.31 bits per heavy atom. The standard InChI is InChI=1S/C11H16N2O2S/c1-7(16-2)6-13-8-3-4-9(11(14)15)10(12)5-8/h3-5,7,13H,6,12H2,1-2H3,(H,14,15). The Morgan fingerprint density at radius 1 is 1.62 bits per heavy atom. The summed E-state index contributed by atoms with van der Waals surface area (Å²) in [6.45, 7) is 2.94. The van der Waals surface area contributed by atoms with Crippen molar-refractivity contribution in [1.82, 2.24) is 0 Å². The van der Waals surface area contributed by atoms with Crippen molar-refractivity contribution in [3.05, 3.63) is 23.8 Å². The van der Waals surface area contributed by atoms with Crippen LogP contribution in [0.5, 0.6) is 0 Å². The van der Waals surface area contributed by atoms with Crippen molar-refractivity contribution >= 4 is 29.1 Å². The highest BCUT2D eigenvalue weighted by Gasteiger charge is 2.08. The zero-order valence-corrected chi connectivity index (χ0v) is 10.2. The molecule has 1 atom stereocenters. The Balaban J connectivity index is 2.70. The first-order valence-electron chi connectivity index (χ1n) is 4.94. The molecule has 0 fully saturated rings. The van der Waals surface area contributed by atoms with Gasteiger partial charge in [0.2, 0.25) is 0 Å². The summed E-state index contributed by atoms with van der Waals surface area (Å²) in [6, 6.07) is 4.90. The lowest BCUT2D eigenvalue weighted by Gasteiger charge is -2.12. The van der Waals surface area contributed by atoms with E-state index in [1.165, 1.54) is 6.07 Å². The number of aromatic carboxylic acids is 1. The van der Waals surface area contributed by atoms with Gasteiger partial charge in [-0.25, -0.2) is 4.79 Å². The average molecular weight is 240 g/mol. The number of carboxylic acids is 1. The van der Waals surface area contributed by atoms with E-state index in [-0.39, 0.29) is 11.3 Å². The van der Waals surface area contributed by atoms with Crippen LogP contribution in [0.1, 0.15) is 17.3 Å². The lowest BCUT2D eigenvalue weighted by atomic mass is 10.1. The minimum Gasteiger partial charge on any atom is -0.478 e. The van der Waals surface area contributed by atoms with Crippen LogP contribution in [-0.2, 0) is 0 Å². The van der Waals surface area contributed by atoms with Gasteiger partial charge in [0.1, 0.15) is 0 Å². The molecule has 0 radical (unpaired) electrons. The third-order valence-corrected chi connectivity index (χ3v) is 3.25. The molecule has 0 spiro atoms. The molecule has 0 saturated carbocycles. The monoisotopic (exact) mass is 240 g/mol. The number of rotatable bonds is 5. The second kappa shape index (κ2) is 5.65. The van der Waals surface area contributed by atoms with E-state index < -0.39 is 5.97 Å². The van der Waals surface area contributed by atoms with E-state index in [1.54, 1.807) is 23.9 Å². The maximum absolute atomic E-state index is 10.7. The molecule has 0 heterocycles. The van der Waals surface area contributed by atoms with Crippen LogP contribution in [0.4, 0.5) is 11.4 Å². The van der Waals surface area contributed by atoms with Crippen LogP contribution in [0.15, 0.2) is 18.2 Å². The SMILES string of the molecule is CSC(C)CNc1ccc(C(=O)O)c(N)c1. The summed E-state index contributed by atoms with van der Waals surface area (Å²) in [4.78, 5) is 10.7. The summed E-state index contributed by atoms with van der Waals surface area (Å²) in [5.41, 5.74) is 6.91. The van der Waals surface area contributed by atoms with Gasteiger partial charge in [-0.15, -0.1) is 0 Å². The maximum Gasteiger partial charge on any atom is 0.337 e. The summed E-state index contributed by atoms with van der Waals surface area (Å²) >= 11 is 1.77. The van der Waals surface area contributed by atoms with Crippen molar-refractivity contribution in [3.8, 4) is 0 Å². The van der Waals surface area contributed by atoms with Gasteiger partial charge in [0.25, 0.3) is 0 Å². The molecule has 88 valence electrons. The Morgan fingerprint density at radius 3 is 2.81 bits per heavy atom. The van der Waals surface area contributed by atoms with E-state index in [0.717, 1.165) is 12.2 Å². The molecule has 16 heavy (non-hydrogen) atoms. The number of thioether (sulfide) groups is 1. The third-order valence-electron chi connectivity index (χ3n) is 2.28. The first-order chi connectivity index (χ1) is 7.54. The van der Waals surface area contributed by atoms with Gasteiger partial charge in [-0.1, -0.05) is 6.92 Å². The summed E-state index contributed by atoms with van der Waals surface area (Å²) in [7, 11) is 0. The number of hydrogen-bond donors (Lipinski definition) is 3. The molecule has 4 nitrogen and oxygen atoms in total. The molecule has 1 unspecified atom stereocenters. The van der Waals surface area contributed by atoms with Crippen LogP contribution in [-0.4, -0.2) is 29.1 Å². The first kappa shape index (κ1) is 12.7. The highest BCUT2D eigenvalue weighted by Crippen LogP contribution is 2.18. The highest BCUT2D eigenvalue weighted by molar-refractivity contribution is 7.99. The number of benzene rings is 1. The number of carbonyl (C=O) groups is 1. The van der Waals surface area contributed by atoms with Crippen LogP contribution >= 0.6 is 11.8 Å². The van der Waals surface area contributed by atoms with Gasteiger partial charge >= 0.3 is 5.97 Å². The van der Waals surface area contributed by atoms with Gasteiger partial charge < -0.3 is 16.2 Å². The van der Waals surface area contributed by atoms with Crippen LogP contribution in [0.25, 0.3) is 0 Å². The quantitative estimate of drug-likeness (QED) is 0.687. The molecule has 0 aliphatic heterocycles. The molecule has 5 heteroatoms. The fourth-order valence-electron chi connectivity index (χ4n) is 1.21. The normalized spacial score (nSPS) is 12.1. The lowest BCUT2D eigenvalue weighted by molar-refractivity contribution is 0.0698. The molecule has 0 bridgehead atoms. The minimum atomic E-state index is -0.999. The topological polar surface area (TPSA) is 75.3 Å². The largest absolute Gasteiger partial charge is 0.478 e. The zero-order chi connectivity index (χ0) is 12.1. The van der Waals surface area contributed by atoms with Gasteiger partial charge in [-0.05, 0) is 24.5 Å². The minimum absolute atomic E-state index is 0.142. The van der Waals surface area contributed by atoms with Gasteiger partial charge in [0.05, 0.1) is 5.56 Å². The lowest BCUT2D eigenvalue weighted by Crippen LogP contribution is -2.13. The molecule has 0 saturated heterocycles. The van der Waals surface area contributed by atoms with Crippen molar-refractivity contribution in [2.75, 3.05) is 23.9 Å². The van der Waals surface area contributed by atoms with Gasteiger partial charge in [-0.2, -0.15) is 11.8 Å². The average Bonchev–Trinajstić information content (AvgIpc) is 2.25. The van der Waals surface area contributed by atoms with Crippen molar-refractivity contribution < 1.29 is 9.90 Å². The Bertz CT molecular complexity index is 382. The van der Waals surface area contributed by atoms with Gasteiger partial charge in [-0.3, -0.25) is 0 Å². The molecule has 0 amide bonds. The van der Waals surface area contributed by atoms with E-state index in [0.29, 0.717) is 5.25 Å². The zero-order valence-electron chi connectivity index (χ0n) is 9.36. The number of anilines is 2. The predicted molar refractivity (Wildman–Crippen MR) is 69.3 cm³/mol. The van der Waals surface area contributed by atoms with E-state index >= 15 is 0 Å². The maximum atomic E-state index is 10.7. The first-order valence-corrected chi connectivity index (χ1v) is 6.23. The summed E-state index contributed by atoms with van der Waals surface area (Å²) in [6.07, 6.45) is 2.05. The fourth-order valence-corrected chi connectivity index (χ4v) is 1.46. The Labute approximate surface area is 99.2 Å². The van der Waals surface area contributed by atoms with Crippen molar-refractivity contribution in [2.24, 2.45) is 0 Å². The van der Waals surface area contributed by atoms with E-state index in [2.05, 4.69) is 12.2 Å². The molecule has 0 aliphatic carbocycles. The number of nitrogens with two attached hydrogens (primary N) is 1. The molecule has 1 aromatic carbocycles. The second-order valence-corrected chi connectivity index (χ2v) is 4.81. The Kier molecular flexibility index (Phi) is 4.49. The van der Waals surface area contributed by atoms with Crippen LogP contribution in [0.3, 0.4) is 0 Å². The summed E-state index contributed by atoms with van der Waals surface area (Å²) in [5.74, 6) is -0.999. The van der Waals surface area contributed by atoms with Crippen molar-refractivity contribution in [2.45, 2.75) is 12.2 Å². The van der Waals surface area contributed by atoms with Crippen LogP contribution in [0.2, 0.25) is 0 Å². The van der Waals surface area contributed by atoms with Crippen LogP contribution in [0, 0.1) is 0 Å². The van der Waals surface area contributed by atoms with E-state index in [4.69, 9.17) is 10.8 Å². The molecule has 0 aliphatic rings. The molecule has 1 rings (SSSR count). The summed E-state index contributed by atoms with van der Waals surface area (Å²) < 4.78 is 0. The fraction of sp³-hybridized carbons (Fsp3) is 0.364. The second-order valence-electron chi connectivity index (χ2n) is 3.53. The van der Waals surface area contributed by atoms with E-state index in [1.807, 2.05) is 6.26 Å². The summed E-state index contributed by atoms with van der Waals surface area (Å²) in [5, 5.41) is 12.5. The van der Waals surface area contributed by atoms with Gasteiger partial charge in [0, 0.05) is 23.2 Å². The third kappa shape index (κ3) is 3.34. The van der Waals surface area contributed by atoms with Crippen molar-refractivity contribution in [3.63, 3.8) is 0 Å². The number of hydrogen-bond acceptors (Lipinski definition) is 4. The van der Waals surface area contributed by atoms with Crippen molar-refractivity contribution in [1.29, 1.82) is 0 Å². The number of nitrogen functional groups attached to an aromatic ring is 1. The smallest absolute Gasteiger partial charge is 0.337 e. The van der Waals surface area contributed by atoms with E-state index in [9.17, 15) is 4.79 Å².